The SMILES string of the molecule is N=c1sc(Cc2ccc(Cl)cc2Cl)nn1CC(=O)c1ccccc1. The smallest absolute Gasteiger partial charge is 0.200 e. The highest BCUT2D eigenvalue weighted by atomic mass is 35.5. The molecule has 0 saturated heterocycles. The summed E-state index contributed by atoms with van der Waals surface area (Å²) < 4.78 is 1.42. The van der Waals surface area contributed by atoms with Gasteiger partial charge in [0.2, 0.25) is 4.80 Å². The van der Waals surface area contributed by atoms with Crippen LogP contribution in [-0.2, 0) is 13.0 Å². The number of aromatic nitrogens is 2. The standard InChI is InChI=1S/C17H13Cl2N3OS/c18-13-7-6-12(14(19)9-13)8-16-21-22(17(20)24-16)10-15(23)11-4-2-1-3-5-11/h1-7,9,20H,8,10H2. The predicted octanol–water partition coefficient (Wildman–Crippen LogP) is 4.20. The molecule has 0 radical (unpaired) electrons. The topological polar surface area (TPSA) is 58.7 Å². The molecule has 0 saturated carbocycles. The molecule has 0 amide bonds. The highest BCUT2D eigenvalue weighted by Gasteiger charge is 2.12. The van der Waals surface area contributed by atoms with Crippen molar-refractivity contribution in [2.45, 2.75) is 13.0 Å². The predicted molar refractivity (Wildman–Crippen MR) is 96.0 cm³/mol. The van der Waals surface area contributed by atoms with Crippen molar-refractivity contribution >= 4 is 40.3 Å². The van der Waals surface area contributed by atoms with Gasteiger partial charge in [0, 0.05) is 22.0 Å². The first-order chi connectivity index (χ1) is 11.5. The average Bonchev–Trinajstić information content (AvgIpc) is 2.90. The number of rotatable bonds is 5. The van der Waals surface area contributed by atoms with Gasteiger partial charge in [0.25, 0.3) is 0 Å². The number of carbonyl (C=O) groups is 1. The van der Waals surface area contributed by atoms with Crippen LogP contribution in [0, 0.1) is 5.41 Å². The number of nitrogens with zero attached hydrogens (tertiary/aromatic N) is 2. The Labute approximate surface area is 152 Å². The number of Topliss-reactive ketones (excluding diaryl/α,β-unsaturated/α-hetero) is 1. The molecule has 1 aromatic heterocycles. The summed E-state index contributed by atoms with van der Waals surface area (Å²) in [5.74, 6) is -0.0736. The Hall–Kier alpha value is -1.95. The number of carbonyl (C=O) groups excluding carboxylic acids is 1. The molecular formula is C17H13Cl2N3OS. The number of hydrogen-bond acceptors (Lipinski definition) is 4. The summed E-state index contributed by atoms with van der Waals surface area (Å²) in [6.45, 7) is 0.0493. The fourth-order valence-electron chi connectivity index (χ4n) is 2.22. The molecule has 0 aliphatic heterocycles. The zero-order valence-corrected chi connectivity index (χ0v) is 14.8. The molecule has 0 aliphatic rings. The van der Waals surface area contributed by atoms with Gasteiger partial charge in [-0.3, -0.25) is 10.2 Å². The van der Waals surface area contributed by atoms with Gasteiger partial charge < -0.3 is 0 Å². The normalized spacial score (nSPS) is 10.8. The van der Waals surface area contributed by atoms with Gasteiger partial charge in [-0.15, -0.1) is 0 Å². The van der Waals surface area contributed by atoms with Gasteiger partial charge in [-0.05, 0) is 17.7 Å². The van der Waals surface area contributed by atoms with Gasteiger partial charge in [-0.25, -0.2) is 4.68 Å². The molecule has 4 nitrogen and oxygen atoms in total. The van der Waals surface area contributed by atoms with Crippen molar-refractivity contribution in [3.05, 3.63) is 79.5 Å². The lowest BCUT2D eigenvalue weighted by Crippen LogP contribution is -2.21. The van der Waals surface area contributed by atoms with E-state index < -0.39 is 0 Å². The van der Waals surface area contributed by atoms with Crippen LogP contribution in [0.1, 0.15) is 20.9 Å². The minimum atomic E-state index is -0.0736. The van der Waals surface area contributed by atoms with E-state index in [-0.39, 0.29) is 17.1 Å². The van der Waals surface area contributed by atoms with E-state index in [0.29, 0.717) is 22.0 Å². The Balaban J connectivity index is 1.78. The first-order valence-corrected chi connectivity index (χ1v) is 8.74. The lowest BCUT2D eigenvalue weighted by atomic mass is 10.1. The summed E-state index contributed by atoms with van der Waals surface area (Å²) in [6.07, 6.45) is 0.499. The number of nitrogens with one attached hydrogen (secondary N) is 1. The van der Waals surface area contributed by atoms with Crippen LogP contribution in [-0.4, -0.2) is 15.6 Å². The Kier molecular flexibility index (Phi) is 5.14. The first-order valence-electron chi connectivity index (χ1n) is 7.16. The molecule has 0 atom stereocenters. The van der Waals surface area contributed by atoms with E-state index in [9.17, 15) is 4.79 Å². The van der Waals surface area contributed by atoms with Crippen LogP contribution in [0.25, 0.3) is 0 Å². The van der Waals surface area contributed by atoms with E-state index in [4.69, 9.17) is 28.6 Å². The third kappa shape index (κ3) is 3.93. The molecule has 3 aromatic rings. The lowest BCUT2D eigenvalue weighted by molar-refractivity contribution is 0.0966. The molecule has 0 spiro atoms. The maximum atomic E-state index is 12.3. The molecule has 2 aromatic carbocycles. The van der Waals surface area contributed by atoms with Gasteiger partial charge in [0.1, 0.15) is 11.6 Å². The highest BCUT2D eigenvalue weighted by molar-refractivity contribution is 7.08. The van der Waals surface area contributed by atoms with Gasteiger partial charge >= 0.3 is 0 Å². The maximum absolute atomic E-state index is 12.3. The maximum Gasteiger partial charge on any atom is 0.200 e. The van der Waals surface area contributed by atoms with E-state index in [1.165, 1.54) is 16.0 Å². The monoisotopic (exact) mass is 377 g/mol. The molecule has 1 heterocycles. The molecule has 7 heteroatoms. The summed E-state index contributed by atoms with van der Waals surface area (Å²) in [5, 5.41) is 14.3. The molecule has 122 valence electrons. The molecule has 0 unspecified atom stereocenters. The minimum Gasteiger partial charge on any atom is -0.292 e. The highest BCUT2D eigenvalue weighted by Crippen LogP contribution is 2.23. The molecule has 24 heavy (non-hydrogen) atoms. The van der Waals surface area contributed by atoms with E-state index >= 15 is 0 Å². The molecule has 0 fully saturated rings. The Bertz CT molecular complexity index is 935. The van der Waals surface area contributed by atoms with Crippen molar-refractivity contribution in [1.82, 2.24) is 9.78 Å². The second-order valence-electron chi connectivity index (χ2n) is 5.16. The summed E-state index contributed by atoms with van der Waals surface area (Å²) in [4.78, 5) is 12.5. The van der Waals surface area contributed by atoms with Crippen molar-refractivity contribution in [3.8, 4) is 0 Å². The summed E-state index contributed by atoms with van der Waals surface area (Å²) in [6, 6.07) is 14.3. The quantitative estimate of drug-likeness (QED) is 0.677. The fraction of sp³-hybridized carbons (Fsp3) is 0.118. The number of benzene rings is 2. The van der Waals surface area contributed by atoms with Gasteiger partial charge in [-0.1, -0.05) is 70.9 Å². The van der Waals surface area contributed by atoms with Crippen LogP contribution in [0.3, 0.4) is 0 Å². The second kappa shape index (κ2) is 7.30. The Morgan fingerprint density at radius 2 is 1.92 bits per heavy atom. The van der Waals surface area contributed by atoms with Crippen LogP contribution in [0.2, 0.25) is 10.0 Å². The number of hydrogen-bond donors (Lipinski definition) is 1. The second-order valence-corrected chi connectivity index (χ2v) is 7.07. The third-order valence-corrected chi connectivity index (χ3v) is 4.88. The van der Waals surface area contributed by atoms with Crippen LogP contribution in [0.4, 0.5) is 0 Å². The molecular weight excluding hydrogens is 365 g/mol. The van der Waals surface area contributed by atoms with E-state index in [0.717, 1.165) is 10.6 Å². The molecule has 0 bridgehead atoms. The summed E-state index contributed by atoms with van der Waals surface area (Å²) >= 11 is 13.3. The van der Waals surface area contributed by atoms with E-state index in [1.54, 1.807) is 24.3 Å². The van der Waals surface area contributed by atoms with Crippen LogP contribution in [0.5, 0.6) is 0 Å². The molecule has 3 rings (SSSR count). The fourth-order valence-corrected chi connectivity index (χ4v) is 3.50. The molecule has 1 N–H and O–H groups in total. The van der Waals surface area contributed by atoms with Crippen LogP contribution < -0.4 is 4.80 Å². The minimum absolute atomic E-state index is 0.0493. The lowest BCUT2D eigenvalue weighted by Gasteiger charge is -2.02. The summed E-state index contributed by atoms with van der Waals surface area (Å²) in [7, 11) is 0. The van der Waals surface area contributed by atoms with Crippen LogP contribution >= 0.6 is 34.5 Å². The van der Waals surface area contributed by atoms with Crippen LogP contribution in [0.15, 0.2) is 48.5 Å². The zero-order chi connectivity index (χ0) is 17.1. The van der Waals surface area contributed by atoms with Crippen molar-refractivity contribution in [2.24, 2.45) is 0 Å². The Morgan fingerprint density at radius 3 is 2.62 bits per heavy atom. The van der Waals surface area contributed by atoms with E-state index in [2.05, 4.69) is 5.10 Å². The van der Waals surface area contributed by atoms with Crippen molar-refractivity contribution in [2.75, 3.05) is 0 Å². The Morgan fingerprint density at radius 1 is 1.17 bits per heavy atom. The van der Waals surface area contributed by atoms with Gasteiger partial charge in [0.15, 0.2) is 5.78 Å². The van der Waals surface area contributed by atoms with Gasteiger partial charge in [0.05, 0.1) is 0 Å². The zero-order valence-electron chi connectivity index (χ0n) is 12.5. The number of ketones is 1. The third-order valence-electron chi connectivity index (χ3n) is 3.43. The number of halogens is 2. The summed E-state index contributed by atoms with van der Waals surface area (Å²) in [5.41, 5.74) is 1.50. The van der Waals surface area contributed by atoms with Crippen molar-refractivity contribution in [3.63, 3.8) is 0 Å². The van der Waals surface area contributed by atoms with Gasteiger partial charge in [-0.2, -0.15) is 5.10 Å². The van der Waals surface area contributed by atoms with Crippen molar-refractivity contribution < 1.29 is 4.79 Å². The molecule has 0 aliphatic carbocycles. The largest absolute Gasteiger partial charge is 0.292 e. The van der Waals surface area contributed by atoms with E-state index in [1.807, 2.05) is 24.3 Å². The first kappa shape index (κ1) is 16.9. The average molecular weight is 378 g/mol. The van der Waals surface area contributed by atoms with Crippen molar-refractivity contribution in [1.29, 1.82) is 5.41 Å².